The average molecular weight is 239 g/mol. The number of rotatable bonds is 3. The third-order valence-electron chi connectivity index (χ3n) is 2.82. The van der Waals surface area contributed by atoms with Crippen molar-refractivity contribution in [2.24, 2.45) is 5.73 Å². The number of nitrogens with two attached hydrogens (primary N) is 1. The summed E-state index contributed by atoms with van der Waals surface area (Å²) in [6.45, 7) is -0.228. The molecule has 1 aliphatic rings. The third kappa shape index (κ3) is 2.44. The minimum absolute atomic E-state index is 0.228. The first kappa shape index (κ1) is 12.0. The van der Waals surface area contributed by atoms with Crippen LogP contribution < -0.4 is 10.3 Å². The third-order valence-corrected chi connectivity index (χ3v) is 2.82. The molecule has 1 aromatic rings. The molecule has 0 aromatic carbocycles. The molecule has 1 amide bonds. The maximum atomic E-state index is 11.0. The Kier molecular flexibility index (Phi) is 3.37. The number of primary amides is 1. The highest BCUT2D eigenvalue weighted by atomic mass is 16.5. The van der Waals surface area contributed by atoms with Gasteiger partial charge in [-0.2, -0.15) is 4.57 Å². The molecule has 0 unspecified atom stereocenters. The first-order chi connectivity index (χ1) is 8.11. The van der Waals surface area contributed by atoms with E-state index in [9.17, 15) is 9.90 Å². The van der Waals surface area contributed by atoms with Gasteiger partial charge in [0.15, 0.2) is 12.4 Å². The van der Waals surface area contributed by atoms with E-state index in [1.165, 1.54) is 0 Å². The monoisotopic (exact) mass is 239 g/mol. The van der Waals surface area contributed by atoms with Gasteiger partial charge in [-0.3, -0.25) is 4.79 Å². The van der Waals surface area contributed by atoms with Crippen LogP contribution >= 0.6 is 0 Å². The van der Waals surface area contributed by atoms with Crippen LogP contribution in [0.3, 0.4) is 0 Å². The summed E-state index contributed by atoms with van der Waals surface area (Å²) in [5.41, 5.74) is 5.55. The van der Waals surface area contributed by atoms with Gasteiger partial charge in [-0.1, -0.05) is 0 Å². The van der Waals surface area contributed by atoms with Crippen LogP contribution in [-0.4, -0.2) is 34.9 Å². The Bertz CT molecular complexity index is 424. The van der Waals surface area contributed by atoms with Crippen LogP contribution in [0.1, 0.15) is 23.0 Å². The lowest BCUT2D eigenvalue weighted by Crippen LogP contribution is -2.40. The van der Waals surface area contributed by atoms with E-state index >= 15 is 0 Å². The normalized spacial score (nSPS) is 28.2. The van der Waals surface area contributed by atoms with Gasteiger partial charge >= 0.3 is 0 Å². The standard InChI is InChI=1S/C11H14N2O4/c12-11(16)7-2-1-3-13(5-7)10-4-8(15)9(6-14)17-10/h1-3,5,8-10,14-15H,4,6H2,(H-,12,16)/p+1/t8-,9-,10-/m1/s1. The molecule has 3 atom stereocenters. The topological polar surface area (TPSA) is 96.7 Å². The zero-order valence-electron chi connectivity index (χ0n) is 9.19. The molecule has 0 saturated carbocycles. The van der Waals surface area contributed by atoms with Crippen molar-refractivity contribution in [3.63, 3.8) is 0 Å². The van der Waals surface area contributed by atoms with Crippen LogP contribution in [0.5, 0.6) is 0 Å². The molecule has 17 heavy (non-hydrogen) atoms. The average Bonchev–Trinajstić information content (AvgIpc) is 2.71. The number of hydrogen-bond donors (Lipinski definition) is 3. The number of carbonyl (C=O) groups excluding carboxylic acids is 1. The Morgan fingerprint density at radius 3 is 3.00 bits per heavy atom. The predicted octanol–water partition coefficient (Wildman–Crippen LogP) is -1.29. The minimum atomic E-state index is -0.699. The number of carbonyl (C=O) groups is 1. The van der Waals surface area contributed by atoms with E-state index in [0.717, 1.165) is 0 Å². The van der Waals surface area contributed by atoms with Crippen molar-refractivity contribution in [2.75, 3.05) is 6.61 Å². The number of pyridine rings is 1. The summed E-state index contributed by atoms with van der Waals surface area (Å²) in [4.78, 5) is 11.0. The first-order valence-electron chi connectivity index (χ1n) is 5.37. The number of aliphatic hydroxyl groups excluding tert-OH is 2. The number of amides is 1. The number of nitrogens with zero attached hydrogens (tertiary/aromatic N) is 1. The molecule has 2 heterocycles. The van der Waals surface area contributed by atoms with Crippen LogP contribution in [0.2, 0.25) is 0 Å². The molecule has 4 N–H and O–H groups in total. The van der Waals surface area contributed by atoms with Crippen LogP contribution in [0.15, 0.2) is 24.5 Å². The van der Waals surface area contributed by atoms with E-state index in [2.05, 4.69) is 0 Å². The van der Waals surface area contributed by atoms with Gasteiger partial charge in [0, 0.05) is 6.07 Å². The maximum Gasteiger partial charge on any atom is 0.265 e. The highest BCUT2D eigenvalue weighted by Gasteiger charge is 2.38. The second-order valence-electron chi connectivity index (χ2n) is 4.02. The van der Waals surface area contributed by atoms with Crippen molar-refractivity contribution >= 4 is 5.91 Å². The molecule has 1 aromatic heterocycles. The van der Waals surface area contributed by atoms with Gasteiger partial charge in [0.1, 0.15) is 11.7 Å². The summed E-state index contributed by atoms with van der Waals surface area (Å²) in [6, 6.07) is 3.29. The lowest BCUT2D eigenvalue weighted by molar-refractivity contribution is -0.759. The highest BCUT2D eigenvalue weighted by molar-refractivity contribution is 5.92. The van der Waals surface area contributed by atoms with Crippen molar-refractivity contribution in [2.45, 2.75) is 24.9 Å². The molecule has 6 heteroatoms. The molecule has 0 radical (unpaired) electrons. The van der Waals surface area contributed by atoms with E-state index in [0.29, 0.717) is 12.0 Å². The fourth-order valence-electron chi connectivity index (χ4n) is 1.88. The molecule has 6 nitrogen and oxygen atoms in total. The van der Waals surface area contributed by atoms with Crippen molar-refractivity contribution in [3.05, 3.63) is 30.1 Å². The van der Waals surface area contributed by atoms with E-state index in [-0.39, 0.29) is 12.8 Å². The Labute approximate surface area is 98.2 Å². The van der Waals surface area contributed by atoms with Crippen LogP contribution in [0.4, 0.5) is 0 Å². The predicted molar refractivity (Wildman–Crippen MR) is 56.8 cm³/mol. The molecule has 1 saturated heterocycles. The summed E-state index contributed by atoms with van der Waals surface area (Å²) in [7, 11) is 0. The molecule has 0 spiro atoms. The Balaban J connectivity index is 2.18. The highest BCUT2D eigenvalue weighted by Crippen LogP contribution is 2.24. The second-order valence-corrected chi connectivity index (χ2v) is 4.02. The molecule has 0 aliphatic carbocycles. The van der Waals surface area contributed by atoms with Gasteiger partial charge in [0.2, 0.25) is 0 Å². The number of aliphatic hydroxyl groups is 2. The van der Waals surface area contributed by atoms with E-state index in [1.54, 1.807) is 29.1 Å². The zero-order valence-corrected chi connectivity index (χ0v) is 9.19. The van der Waals surface area contributed by atoms with Gasteiger partial charge in [0.25, 0.3) is 12.1 Å². The van der Waals surface area contributed by atoms with Crippen molar-refractivity contribution in [3.8, 4) is 0 Å². The SMILES string of the molecule is NC(=O)c1ccc[n+]([C@H]2C[C@@H](O)[C@@H](CO)O2)c1. The van der Waals surface area contributed by atoms with Gasteiger partial charge in [0.05, 0.1) is 19.1 Å². The maximum absolute atomic E-state index is 11.0. The molecule has 2 rings (SSSR count). The summed E-state index contributed by atoms with van der Waals surface area (Å²) >= 11 is 0. The smallest absolute Gasteiger partial charge is 0.265 e. The summed E-state index contributed by atoms with van der Waals surface area (Å²) in [6.07, 6.45) is 2.00. The van der Waals surface area contributed by atoms with Gasteiger partial charge < -0.3 is 20.7 Å². The quantitative estimate of drug-likeness (QED) is 0.572. The Morgan fingerprint density at radius 1 is 1.65 bits per heavy atom. The number of ether oxygens (including phenoxy) is 1. The lowest BCUT2D eigenvalue weighted by atomic mass is 10.2. The summed E-state index contributed by atoms with van der Waals surface area (Å²) in [5.74, 6) is -0.517. The summed E-state index contributed by atoms with van der Waals surface area (Å²) in [5, 5.41) is 18.6. The van der Waals surface area contributed by atoms with Crippen LogP contribution in [0.25, 0.3) is 0 Å². The fraction of sp³-hybridized carbons (Fsp3) is 0.455. The lowest BCUT2D eigenvalue weighted by Gasteiger charge is -2.08. The van der Waals surface area contributed by atoms with Crippen LogP contribution in [0, 0.1) is 0 Å². The van der Waals surface area contributed by atoms with Crippen molar-refractivity contribution < 1.29 is 24.3 Å². The Morgan fingerprint density at radius 2 is 2.41 bits per heavy atom. The number of hydrogen-bond acceptors (Lipinski definition) is 4. The van der Waals surface area contributed by atoms with Crippen molar-refractivity contribution in [1.29, 1.82) is 0 Å². The van der Waals surface area contributed by atoms with E-state index in [1.807, 2.05) is 0 Å². The van der Waals surface area contributed by atoms with E-state index in [4.69, 9.17) is 15.6 Å². The van der Waals surface area contributed by atoms with Gasteiger partial charge in [-0.05, 0) is 6.07 Å². The minimum Gasteiger partial charge on any atom is -0.394 e. The van der Waals surface area contributed by atoms with Gasteiger partial charge in [-0.25, -0.2) is 0 Å². The van der Waals surface area contributed by atoms with Crippen molar-refractivity contribution in [1.82, 2.24) is 0 Å². The molecule has 92 valence electrons. The molecule has 1 aliphatic heterocycles. The summed E-state index contributed by atoms with van der Waals surface area (Å²) < 4.78 is 7.12. The molecular formula is C11H15N2O4+. The molecule has 1 fully saturated rings. The van der Waals surface area contributed by atoms with Crippen LogP contribution in [-0.2, 0) is 4.74 Å². The largest absolute Gasteiger partial charge is 0.394 e. The number of aromatic nitrogens is 1. The Hall–Kier alpha value is -1.50. The van der Waals surface area contributed by atoms with E-state index < -0.39 is 18.1 Å². The van der Waals surface area contributed by atoms with Gasteiger partial charge in [-0.15, -0.1) is 0 Å². The fourth-order valence-corrected chi connectivity index (χ4v) is 1.88. The second kappa shape index (κ2) is 4.79. The zero-order chi connectivity index (χ0) is 12.4. The molecule has 0 bridgehead atoms. The first-order valence-corrected chi connectivity index (χ1v) is 5.37. The molecular weight excluding hydrogens is 224 g/mol.